The third kappa shape index (κ3) is 3.52. The molecule has 0 aromatic heterocycles. The molecule has 0 aromatic carbocycles. The van der Waals surface area contributed by atoms with Crippen molar-refractivity contribution in [2.75, 3.05) is 6.61 Å². The number of amides is 1. The quantitative estimate of drug-likeness (QED) is 0.649. The summed E-state index contributed by atoms with van der Waals surface area (Å²) in [5.74, 6) is 0. The Kier molecular flexibility index (Phi) is 4.89. The first-order valence-electron chi connectivity index (χ1n) is 8.23. The van der Waals surface area contributed by atoms with Gasteiger partial charge < -0.3 is 0 Å². The fourth-order valence-corrected chi connectivity index (χ4v) is 4.55. The van der Waals surface area contributed by atoms with Gasteiger partial charge in [-0.15, -0.1) is 0 Å². The van der Waals surface area contributed by atoms with Gasteiger partial charge in [0.15, 0.2) is 0 Å². The molecule has 2 aliphatic rings. The fourth-order valence-electron chi connectivity index (χ4n) is 3.26. The number of nitrogens with zero attached hydrogens (tertiary/aromatic N) is 1. The Morgan fingerprint density at radius 1 is 1.19 bits per heavy atom. The first kappa shape index (κ1) is 17.4. The van der Waals surface area contributed by atoms with E-state index >= 15 is 0 Å². The van der Waals surface area contributed by atoms with E-state index in [2.05, 4.69) is 35.6 Å². The Bertz CT molecular complexity index is 397. The van der Waals surface area contributed by atoms with E-state index in [1.54, 1.807) is 0 Å². The standard InChI is InChI=1S/C13H22NO3.3CH3.Sn/c1-4-16-11(15)14-12(2,3)10-17-13(14)8-6-5-7-9-13;;;;/h4H,5-10H2,1-3H3;3*1H3;. The summed E-state index contributed by atoms with van der Waals surface area (Å²) < 4.78 is 12.1. The van der Waals surface area contributed by atoms with Crippen LogP contribution in [0.3, 0.4) is 0 Å². The summed E-state index contributed by atoms with van der Waals surface area (Å²) in [6.07, 6.45) is 5.22. The van der Waals surface area contributed by atoms with Crippen LogP contribution < -0.4 is 0 Å². The van der Waals surface area contributed by atoms with E-state index in [1.165, 1.54) is 6.42 Å². The van der Waals surface area contributed by atoms with Crippen molar-refractivity contribution in [1.29, 1.82) is 0 Å². The van der Waals surface area contributed by atoms with Crippen LogP contribution in [0.5, 0.6) is 0 Å². The predicted octanol–water partition coefficient (Wildman–Crippen LogP) is 4.16. The molecule has 1 saturated heterocycles. The molecular weight excluding hydrogens is 373 g/mol. The third-order valence-corrected chi connectivity index (χ3v) is 12.3. The van der Waals surface area contributed by atoms with E-state index < -0.39 is 24.1 Å². The Hall–Kier alpha value is 0.0287. The number of hydrogen-bond acceptors (Lipinski definition) is 3. The molecule has 5 heteroatoms. The van der Waals surface area contributed by atoms with Crippen molar-refractivity contribution in [3.05, 3.63) is 0 Å². The number of carbonyl (C=O) groups excluding carboxylic acids is 1. The molecule has 1 aliphatic heterocycles. The van der Waals surface area contributed by atoms with E-state index in [9.17, 15) is 4.79 Å². The van der Waals surface area contributed by atoms with Gasteiger partial charge in [-0.05, 0) is 0 Å². The van der Waals surface area contributed by atoms with Crippen LogP contribution in [-0.2, 0) is 9.47 Å². The van der Waals surface area contributed by atoms with Crippen LogP contribution in [0.25, 0.3) is 0 Å². The minimum absolute atomic E-state index is 0.0869. The molecule has 1 saturated carbocycles. The van der Waals surface area contributed by atoms with Crippen LogP contribution in [-0.4, -0.2) is 51.4 Å². The summed E-state index contributed by atoms with van der Waals surface area (Å²) in [7, 11) is 0. The molecule has 0 N–H and O–H groups in total. The zero-order valence-electron chi connectivity index (χ0n) is 14.5. The summed E-state index contributed by atoms with van der Waals surface area (Å²) >= 11 is -2.23. The molecule has 0 radical (unpaired) electrons. The number of hydrogen-bond donors (Lipinski definition) is 0. The predicted molar refractivity (Wildman–Crippen MR) is 87.0 cm³/mol. The molecule has 1 aliphatic carbocycles. The van der Waals surface area contributed by atoms with Crippen molar-refractivity contribution < 1.29 is 14.3 Å². The second-order valence-electron chi connectivity index (χ2n) is 8.34. The van der Waals surface area contributed by atoms with Crippen molar-refractivity contribution in [2.24, 2.45) is 0 Å². The van der Waals surface area contributed by atoms with E-state index in [4.69, 9.17) is 9.47 Å². The van der Waals surface area contributed by atoms with Crippen molar-refractivity contribution >= 4 is 24.5 Å². The second-order valence-corrected chi connectivity index (χ2v) is 24.2. The molecule has 0 unspecified atom stereocenters. The molecule has 21 heavy (non-hydrogen) atoms. The van der Waals surface area contributed by atoms with Gasteiger partial charge in [-0.3, -0.25) is 0 Å². The van der Waals surface area contributed by atoms with Crippen LogP contribution >= 0.6 is 0 Å². The van der Waals surface area contributed by atoms with Crippen LogP contribution in [0, 0.1) is 0 Å². The molecule has 1 spiro atoms. The Morgan fingerprint density at radius 2 is 1.76 bits per heavy atom. The molecule has 2 fully saturated rings. The molecule has 2 rings (SSSR count). The number of ether oxygens (including phenoxy) is 2. The van der Waals surface area contributed by atoms with Gasteiger partial charge in [-0.1, -0.05) is 0 Å². The maximum atomic E-state index is 12.8. The first-order valence-corrected chi connectivity index (χ1v) is 18.4. The molecular formula is C16H31NO3Sn. The Balaban J connectivity index is 2.18. The number of carbonyl (C=O) groups is 1. The zero-order valence-corrected chi connectivity index (χ0v) is 17.3. The van der Waals surface area contributed by atoms with Crippen LogP contribution in [0.4, 0.5) is 4.79 Å². The van der Waals surface area contributed by atoms with Gasteiger partial charge in [0.05, 0.1) is 0 Å². The normalized spacial score (nSPS) is 25.9. The van der Waals surface area contributed by atoms with E-state index in [0.29, 0.717) is 6.61 Å². The maximum absolute atomic E-state index is 12.8. The van der Waals surface area contributed by atoms with Crippen molar-refractivity contribution in [3.63, 3.8) is 0 Å². The molecule has 0 bridgehead atoms. The van der Waals surface area contributed by atoms with Crippen molar-refractivity contribution in [2.45, 2.75) is 83.1 Å². The van der Waals surface area contributed by atoms with Crippen LogP contribution in [0.2, 0.25) is 14.8 Å². The average Bonchev–Trinajstić information content (AvgIpc) is 2.60. The van der Waals surface area contributed by atoms with Crippen LogP contribution in [0.1, 0.15) is 52.9 Å². The summed E-state index contributed by atoms with van der Waals surface area (Å²) in [5.41, 5.74) is -0.687. The average molecular weight is 404 g/mol. The van der Waals surface area contributed by atoms with Crippen molar-refractivity contribution in [1.82, 2.24) is 4.90 Å². The summed E-state index contributed by atoms with van der Waals surface area (Å²) in [5, 5.41) is 0. The molecule has 1 heterocycles. The monoisotopic (exact) mass is 405 g/mol. The summed E-state index contributed by atoms with van der Waals surface area (Å²) in [6, 6.07) is 0. The van der Waals surface area contributed by atoms with Gasteiger partial charge in [-0.2, -0.15) is 0 Å². The van der Waals surface area contributed by atoms with Crippen LogP contribution in [0.15, 0.2) is 0 Å². The third-order valence-electron chi connectivity index (χ3n) is 5.02. The van der Waals surface area contributed by atoms with Crippen molar-refractivity contribution in [3.8, 4) is 0 Å². The van der Waals surface area contributed by atoms with Gasteiger partial charge >= 0.3 is 133 Å². The Labute approximate surface area is 133 Å². The van der Waals surface area contributed by atoms with Gasteiger partial charge in [0.2, 0.25) is 0 Å². The molecule has 0 aromatic rings. The summed E-state index contributed by atoms with van der Waals surface area (Å²) in [4.78, 5) is 21.7. The van der Waals surface area contributed by atoms with E-state index in [0.717, 1.165) is 25.7 Å². The van der Waals surface area contributed by atoms with Gasteiger partial charge in [0.1, 0.15) is 0 Å². The van der Waals surface area contributed by atoms with E-state index in [1.807, 2.05) is 4.90 Å². The second kappa shape index (κ2) is 5.91. The van der Waals surface area contributed by atoms with Gasteiger partial charge in [0, 0.05) is 0 Å². The summed E-state index contributed by atoms with van der Waals surface area (Å²) in [6.45, 7) is 6.84. The molecule has 122 valence electrons. The minimum atomic E-state index is -2.23. The van der Waals surface area contributed by atoms with Gasteiger partial charge in [-0.25, -0.2) is 0 Å². The zero-order chi connectivity index (χ0) is 15.9. The number of rotatable bonds is 2. The fraction of sp³-hybridized carbons (Fsp3) is 0.938. The topological polar surface area (TPSA) is 38.8 Å². The van der Waals surface area contributed by atoms with E-state index in [-0.39, 0.29) is 15.8 Å². The first-order chi connectivity index (χ1) is 9.58. The van der Waals surface area contributed by atoms with Gasteiger partial charge in [0.25, 0.3) is 0 Å². The molecule has 1 amide bonds. The SMILES string of the molecule is C[C@H](OC(=O)N1C(C)(C)COC12CCCCC2)[Sn]([CH3])([CH3])[CH3]. The Morgan fingerprint density at radius 3 is 2.29 bits per heavy atom. The molecule has 1 atom stereocenters. The molecule has 4 nitrogen and oxygen atoms in total.